The molecule has 78 valence electrons. The summed E-state index contributed by atoms with van der Waals surface area (Å²) in [7, 11) is 0. The van der Waals surface area contributed by atoms with E-state index in [0.29, 0.717) is 9.88 Å². The van der Waals surface area contributed by atoms with Gasteiger partial charge in [-0.2, -0.15) is 5.26 Å². The van der Waals surface area contributed by atoms with Crippen LogP contribution in [0.2, 0.25) is 0 Å². The molecule has 0 bridgehead atoms. The van der Waals surface area contributed by atoms with Crippen molar-refractivity contribution in [1.29, 1.82) is 5.26 Å². The maximum atomic E-state index is 10.8. The third-order valence-electron chi connectivity index (χ3n) is 2.39. The molecule has 6 heteroatoms. The summed E-state index contributed by atoms with van der Waals surface area (Å²) in [6.45, 7) is 1.71. The van der Waals surface area contributed by atoms with E-state index < -0.39 is 4.92 Å². The van der Waals surface area contributed by atoms with Crippen LogP contribution in [0.15, 0.2) is 6.07 Å². The first-order valence-corrected chi connectivity index (χ1v) is 5.47. The van der Waals surface area contributed by atoms with E-state index >= 15 is 0 Å². The highest BCUT2D eigenvalue weighted by Crippen LogP contribution is 2.38. The maximum Gasteiger partial charge on any atom is 0.305 e. The van der Waals surface area contributed by atoms with Crippen molar-refractivity contribution < 1.29 is 4.92 Å². The lowest BCUT2D eigenvalue weighted by atomic mass is 10.4. The van der Waals surface area contributed by atoms with E-state index in [1.54, 1.807) is 0 Å². The van der Waals surface area contributed by atoms with Crippen molar-refractivity contribution in [3.05, 3.63) is 21.1 Å². The molecular weight excluding hydrogens is 214 g/mol. The molecule has 0 spiro atoms. The Morgan fingerprint density at radius 2 is 2.20 bits per heavy atom. The largest absolute Gasteiger partial charge is 0.358 e. The predicted octanol–water partition coefficient (Wildman–Crippen LogP) is 2.13. The number of rotatable bonds is 2. The van der Waals surface area contributed by atoms with Crippen LogP contribution in [0.1, 0.15) is 17.7 Å². The molecule has 0 radical (unpaired) electrons. The second-order valence-corrected chi connectivity index (χ2v) is 4.39. The highest BCUT2D eigenvalue weighted by Gasteiger charge is 2.25. The quantitative estimate of drug-likeness (QED) is 0.568. The molecule has 0 aliphatic carbocycles. The molecule has 1 aromatic heterocycles. The molecule has 5 nitrogen and oxygen atoms in total. The summed E-state index contributed by atoms with van der Waals surface area (Å²) in [6.07, 6.45) is 2.13. The third kappa shape index (κ3) is 1.78. The van der Waals surface area contributed by atoms with Gasteiger partial charge < -0.3 is 4.90 Å². The van der Waals surface area contributed by atoms with Crippen LogP contribution in [0.3, 0.4) is 0 Å². The fourth-order valence-electron chi connectivity index (χ4n) is 1.70. The van der Waals surface area contributed by atoms with Gasteiger partial charge in [-0.3, -0.25) is 10.1 Å². The van der Waals surface area contributed by atoms with Crippen molar-refractivity contribution >= 4 is 22.0 Å². The summed E-state index contributed by atoms with van der Waals surface area (Å²) in [5.41, 5.74) is 0.0680. The van der Waals surface area contributed by atoms with Gasteiger partial charge in [-0.05, 0) is 12.8 Å². The molecule has 0 unspecified atom stereocenters. The molecular formula is C9H9N3O2S. The number of anilines is 1. The van der Waals surface area contributed by atoms with E-state index in [4.69, 9.17) is 5.26 Å². The molecule has 1 saturated heterocycles. The molecule has 0 saturated carbocycles. The SMILES string of the molecule is N#Cc1cc([N+](=O)[O-])c(N2CCCC2)s1. The van der Waals surface area contributed by atoms with Gasteiger partial charge in [0.25, 0.3) is 0 Å². The molecule has 2 rings (SSSR count). The number of thiophene rings is 1. The smallest absolute Gasteiger partial charge is 0.305 e. The molecule has 0 amide bonds. The van der Waals surface area contributed by atoms with Gasteiger partial charge in [0.1, 0.15) is 10.9 Å². The van der Waals surface area contributed by atoms with Gasteiger partial charge in [0.05, 0.1) is 4.92 Å². The monoisotopic (exact) mass is 223 g/mol. The van der Waals surface area contributed by atoms with Crippen LogP contribution >= 0.6 is 11.3 Å². The molecule has 0 N–H and O–H groups in total. The highest BCUT2D eigenvalue weighted by atomic mass is 32.1. The number of hydrogen-bond acceptors (Lipinski definition) is 5. The lowest BCUT2D eigenvalue weighted by molar-refractivity contribution is -0.383. The van der Waals surface area contributed by atoms with E-state index in [1.807, 2.05) is 11.0 Å². The Bertz CT molecular complexity index is 429. The number of nitro groups is 1. The van der Waals surface area contributed by atoms with E-state index in [0.717, 1.165) is 25.9 Å². The van der Waals surface area contributed by atoms with Crippen molar-refractivity contribution in [3.63, 3.8) is 0 Å². The first-order chi connectivity index (χ1) is 7.22. The predicted molar refractivity (Wildman–Crippen MR) is 57.1 cm³/mol. The Kier molecular flexibility index (Phi) is 2.56. The molecule has 1 aromatic rings. The zero-order valence-corrected chi connectivity index (χ0v) is 8.79. The van der Waals surface area contributed by atoms with E-state index in [-0.39, 0.29) is 5.69 Å². The van der Waals surface area contributed by atoms with Crippen LogP contribution in [0.25, 0.3) is 0 Å². The first-order valence-electron chi connectivity index (χ1n) is 4.65. The summed E-state index contributed by atoms with van der Waals surface area (Å²) in [4.78, 5) is 12.8. The maximum absolute atomic E-state index is 10.8. The Labute approximate surface area is 90.7 Å². The summed E-state index contributed by atoms with van der Waals surface area (Å²) in [5.74, 6) is 0. The molecule has 1 aliphatic rings. The standard InChI is InChI=1S/C9H9N3O2S/c10-6-7-5-8(12(13)14)9(15-7)11-3-1-2-4-11/h5H,1-4H2. The van der Waals surface area contributed by atoms with E-state index in [2.05, 4.69) is 0 Å². The average Bonchev–Trinajstić information content (AvgIpc) is 2.86. The van der Waals surface area contributed by atoms with Gasteiger partial charge in [0.2, 0.25) is 0 Å². The second kappa shape index (κ2) is 3.87. The van der Waals surface area contributed by atoms with Gasteiger partial charge in [-0.1, -0.05) is 0 Å². The Morgan fingerprint density at radius 1 is 1.53 bits per heavy atom. The number of nitrogens with zero attached hydrogens (tertiary/aromatic N) is 3. The number of nitriles is 1. The topological polar surface area (TPSA) is 70.2 Å². The zero-order chi connectivity index (χ0) is 10.8. The van der Waals surface area contributed by atoms with Crippen LogP contribution < -0.4 is 4.90 Å². The van der Waals surface area contributed by atoms with E-state index in [1.165, 1.54) is 17.4 Å². The normalized spacial score (nSPS) is 15.3. The Hall–Kier alpha value is -1.61. The van der Waals surface area contributed by atoms with Crippen LogP contribution in [-0.2, 0) is 0 Å². The van der Waals surface area contributed by atoms with Gasteiger partial charge in [0.15, 0.2) is 5.00 Å². The van der Waals surface area contributed by atoms with Gasteiger partial charge in [0, 0.05) is 19.2 Å². The van der Waals surface area contributed by atoms with Crippen LogP contribution in [0.4, 0.5) is 10.7 Å². The molecule has 1 fully saturated rings. The molecule has 15 heavy (non-hydrogen) atoms. The summed E-state index contributed by atoms with van der Waals surface area (Å²) >= 11 is 1.21. The zero-order valence-electron chi connectivity index (χ0n) is 7.97. The minimum absolute atomic E-state index is 0.0680. The van der Waals surface area contributed by atoms with Crippen molar-refractivity contribution in [2.24, 2.45) is 0 Å². The molecule has 2 heterocycles. The molecule has 0 atom stereocenters. The van der Waals surface area contributed by atoms with Crippen molar-refractivity contribution in [1.82, 2.24) is 0 Å². The fourth-order valence-corrected chi connectivity index (χ4v) is 2.68. The first kappa shape index (κ1) is 9.93. The minimum atomic E-state index is -0.412. The van der Waals surface area contributed by atoms with Crippen molar-refractivity contribution in [2.75, 3.05) is 18.0 Å². The minimum Gasteiger partial charge on any atom is -0.358 e. The van der Waals surface area contributed by atoms with Gasteiger partial charge in [-0.15, -0.1) is 11.3 Å². The third-order valence-corrected chi connectivity index (χ3v) is 3.48. The van der Waals surface area contributed by atoms with Crippen LogP contribution in [0, 0.1) is 21.4 Å². The lowest BCUT2D eigenvalue weighted by Crippen LogP contribution is -2.17. The highest BCUT2D eigenvalue weighted by molar-refractivity contribution is 7.17. The van der Waals surface area contributed by atoms with Gasteiger partial charge in [-0.25, -0.2) is 0 Å². The summed E-state index contributed by atoms with van der Waals surface area (Å²) < 4.78 is 0. The average molecular weight is 223 g/mol. The molecule has 0 aromatic carbocycles. The van der Waals surface area contributed by atoms with Crippen LogP contribution in [-0.4, -0.2) is 18.0 Å². The lowest BCUT2D eigenvalue weighted by Gasteiger charge is -2.13. The fraction of sp³-hybridized carbons (Fsp3) is 0.444. The number of hydrogen-bond donors (Lipinski definition) is 0. The van der Waals surface area contributed by atoms with Crippen molar-refractivity contribution in [3.8, 4) is 6.07 Å². The van der Waals surface area contributed by atoms with Crippen LogP contribution in [0.5, 0.6) is 0 Å². The summed E-state index contributed by atoms with van der Waals surface area (Å²) in [5, 5.41) is 20.1. The molecule has 1 aliphatic heterocycles. The second-order valence-electron chi connectivity index (χ2n) is 3.36. The van der Waals surface area contributed by atoms with Gasteiger partial charge >= 0.3 is 5.69 Å². The Balaban J connectivity index is 2.40. The Morgan fingerprint density at radius 3 is 2.73 bits per heavy atom. The summed E-state index contributed by atoms with van der Waals surface area (Å²) in [6, 6.07) is 3.31. The van der Waals surface area contributed by atoms with E-state index in [9.17, 15) is 10.1 Å². The van der Waals surface area contributed by atoms with Crippen molar-refractivity contribution in [2.45, 2.75) is 12.8 Å².